The number of aliphatic hydroxyl groups excluding tert-OH is 1. The molecule has 1 aromatic carbocycles. The third kappa shape index (κ3) is 24.2. The number of hydrazine groups is 1. The fraction of sp³-hybridized carbons (Fsp3) is 0.636. The number of hydrogen-bond acceptors (Lipinski definition) is 13. The van der Waals surface area contributed by atoms with Crippen LogP contribution in [0, 0.1) is 11.8 Å². The van der Waals surface area contributed by atoms with E-state index in [9.17, 15) is 48.9 Å². The molecular weight excluding hydrogens is 892 g/mol. The summed E-state index contributed by atoms with van der Waals surface area (Å²) in [5.41, 5.74) is 28.5. The number of hydrogen-bond donors (Lipinski definition) is 14. The van der Waals surface area contributed by atoms with E-state index in [2.05, 4.69) is 42.4 Å². The molecule has 1 aromatic rings. The lowest BCUT2D eigenvalue weighted by Gasteiger charge is -2.27. The second-order valence-corrected chi connectivity index (χ2v) is 17.5. The number of nitrogens with one attached hydrogen (secondary N) is 7. The molecule has 0 aliphatic rings. The van der Waals surface area contributed by atoms with Crippen molar-refractivity contribution in [3.05, 3.63) is 40.4 Å². The monoisotopic (exact) mass is 967 g/mol. The van der Waals surface area contributed by atoms with E-state index in [1.54, 1.807) is 0 Å². The number of aliphatic carboxylic acids is 1. The first-order valence-electron chi connectivity index (χ1n) is 22.6. The van der Waals surface area contributed by atoms with Crippen LogP contribution < -0.4 is 60.4 Å². The highest BCUT2D eigenvalue weighted by Crippen LogP contribution is 2.25. The zero-order chi connectivity index (χ0) is 50.6. The lowest BCUT2D eigenvalue weighted by atomic mass is 9.96. The number of nitrogens with zero attached hydrogens (tertiary/aromatic N) is 1. The van der Waals surface area contributed by atoms with E-state index in [0.717, 1.165) is 0 Å². The first-order chi connectivity index (χ1) is 31.6. The molecule has 0 spiro atoms. The molecule has 0 aliphatic heterocycles. The smallest absolute Gasteiger partial charge is 0.328 e. The fourth-order valence-corrected chi connectivity index (χ4v) is 7.04. The number of phenolic OH excluding ortho intramolecular Hbond substituents is 1. The van der Waals surface area contributed by atoms with Gasteiger partial charge in [0.2, 0.25) is 29.5 Å². The number of nitrogens with two attached hydrogens (primary N) is 4. The quantitative estimate of drug-likeness (QED) is 0.0137. The number of carbonyl (C=O) groups is 7. The number of guanidine groups is 1. The summed E-state index contributed by atoms with van der Waals surface area (Å²) in [5.74, 6) is -5.90. The van der Waals surface area contributed by atoms with Gasteiger partial charge in [0.05, 0.1) is 12.6 Å². The molecule has 22 nitrogen and oxygen atoms in total. The normalized spacial score (nSPS) is 14.3. The van der Waals surface area contributed by atoms with E-state index >= 15 is 0 Å². The standard InChI is InChI=1S/C44H75ClN12O10/c1-25(2)21-30(37(45)34(22-26(3)4)51-27(5)59)38(61)57-56-33(12-7-9-19-47)41(64)52-31(11-6-8-18-46)39(62)54-35(23-28-14-16-29(60)17-15-28)42(65)53-32(13-10-20-50-44(48)49)40(63)55-36(24-58)43(66)67/h14-17,25-26,31-36,56,58,60H,6-13,18-24,46-47H2,1-5H3,(H,51,59)(H,52,64)(H,53,65)(H,54,62)(H,55,63)(H,57,61)(H,66,67)(H4,48,49,50)/b37-30-/t31-,32-,33?,34?,35?,36?/m0/s1. The van der Waals surface area contributed by atoms with Gasteiger partial charge in [-0.2, -0.15) is 0 Å². The maximum absolute atomic E-state index is 14.3. The molecule has 0 fully saturated rings. The molecule has 0 saturated heterocycles. The fourth-order valence-electron chi connectivity index (χ4n) is 6.74. The Hall–Kier alpha value is -5.55. The average molecular weight is 968 g/mol. The van der Waals surface area contributed by atoms with E-state index in [0.29, 0.717) is 44.2 Å². The largest absolute Gasteiger partial charge is 0.508 e. The first kappa shape index (κ1) is 59.5. The molecule has 0 saturated carbocycles. The van der Waals surface area contributed by atoms with Crippen LogP contribution in [0.15, 0.2) is 39.9 Å². The molecule has 0 aliphatic carbocycles. The molecule has 378 valence electrons. The number of carbonyl (C=O) groups excluding carboxylic acids is 6. The third-order valence-electron chi connectivity index (χ3n) is 10.2. The predicted octanol–water partition coefficient (Wildman–Crippen LogP) is -0.658. The number of benzene rings is 1. The summed E-state index contributed by atoms with van der Waals surface area (Å²) < 4.78 is 0. The van der Waals surface area contributed by atoms with Crippen LogP contribution >= 0.6 is 11.6 Å². The van der Waals surface area contributed by atoms with Gasteiger partial charge < -0.3 is 64.8 Å². The maximum atomic E-state index is 14.3. The minimum atomic E-state index is -1.69. The van der Waals surface area contributed by atoms with Crippen molar-refractivity contribution in [3.8, 4) is 5.75 Å². The van der Waals surface area contributed by atoms with Crippen molar-refractivity contribution in [2.24, 2.45) is 39.8 Å². The Bertz CT molecular complexity index is 1810. The molecule has 0 radical (unpaired) electrons. The number of aliphatic imine (C=N–C) groups is 1. The number of aromatic hydroxyl groups is 1. The lowest BCUT2D eigenvalue weighted by Crippen LogP contribution is -2.60. The van der Waals surface area contributed by atoms with Gasteiger partial charge in [0.25, 0.3) is 5.91 Å². The molecule has 4 unspecified atom stereocenters. The van der Waals surface area contributed by atoms with Crippen LogP contribution in [-0.4, -0.2) is 125 Å². The molecule has 1 rings (SSSR count). The minimum Gasteiger partial charge on any atom is -0.508 e. The van der Waals surface area contributed by atoms with Crippen molar-refractivity contribution in [3.63, 3.8) is 0 Å². The molecule has 0 heterocycles. The van der Waals surface area contributed by atoms with Gasteiger partial charge in [0, 0.05) is 30.5 Å². The topological polar surface area (TPSA) is 381 Å². The Kier molecular flexibility index (Phi) is 28.6. The van der Waals surface area contributed by atoms with Gasteiger partial charge in [-0.25, -0.2) is 10.2 Å². The van der Waals surface area contributed by atoms with E-state index < -0.39 is 78.4 Å². The summed E-state index contributed by atoms with van der Waals surface area (Å²) >= 11 is 6.85. The van der Waals surface area contributed by atoms with Crippen molar-refractivity contribution in [1.82, 2.24) is 37.4 Å². The van der Waals surface area contributed by atoms with Crippen LogP contribution in [0.2, 0.25) is 0 Å². The summed E-state index contributed by atoms with van der Waals surface area (Å²) in [5, 5.41) is 42.1. The second-order valence-electron chi connectivity index (χ2n) is 17.1. The zero-order valence-corrected chi connectivity index (χ0v) is 40.1. The van der Waals surface area contributed by atoms with E-state index in [1.807, 2.05) is 27.7 Å². The summed E-state index contributed by atoms with van der Waals surface area (Å²) in [6.45, 7) is 8.80. The number of aliphatic hydroxyl groups is 1. The van der Waals surface area contributed by atoms with Gasteiger partial charge in [-0.1, -0.05) is 57.8 Å². The molecule has 0 bridgehead atoms. The van der Waals surface area contributed by atoms with Gasteiger partial charge in [0.15, 0.2) is 5.96 Å². The number of halogens is 1. The number of amides is 6. The first-order valence-corrected chi connectivity index (χ1v) is 23.0. The average Bonchev–Trinajstić information content (AvgIpc) is 3.25. The highest BCUT2D eigenvalue weighted by atomic mass is 35.5. The van der Waals surface area contributed by atoms with E-state index in [-0.39, 0.29) is 91.7 Å². The number of unbranched alkanes of at least 4 members (excludes halogenated alkanes) is 2. The third-order valence-corrected chi connectivity index (χ3v) is 10.6. The van der Waals surface area contributed by atoms with Crippen molar-refractivity contribution in [2.75, 3.05) is 26.2 Å². The Morgan fingerprint density at radius 3 is 1.64 bits per heavy atom. The van der Waals surface area contributed by atoms with Crippen LogP contribution in [0.4, 0.5) is 0 Å². The number of phenols is 1. The van der Waals surface area contributed by atoms with Gasteiger partial charge in [-0.15, -0.1) is 0 Å². The second kappa shape index (κ2) is 32.2. The van der Waals surface area contributed by atoms with Crippen molar-refractivity contribution >= 4 is 59.0 Å². The molecule has 0 aromatic heterocycles. The van der Waals surface area contributed by atoms with Crippen molar-refractivity contribution in [1.29, 1.82) is 0 Å². The summed E-state index contributed by atoms with van der Waals surface area (Å²) in [4.78, 5) is 97.3. The SMILES string of the molecule is CC(=O)NC(CC(C)C)/C(Cl)=C(\CC(C)C)C(=O)NNC(CCCCN)C(=O)N[C@@H](CCCCN)C(=O)NC(Cc1ccc(O)cc1)C(=O)N[C@@H](CCCN=C(N)N)C(=O)NC(CO)C(=O)O. The van der Waals surface area contributed by atoms with Crippen molar-refractivity contribution in [2.45, 2.75) is 141 Å². The summed E-state index contributed by atoms with van der Waals surface area (Å²) in [7, 11) is 0. The molecular formula is C44H75ClN12O10. The summed E-state index contributed by atoms with van der Waals surface area (Å²) in [6, 6.07) is -1.66. The van der Waals surface area contributed by atoms with Crippen LogP contribution in [0.1, 0.15) is 104 Å². The van der Waals surface area contributed by atoms with Crippen LogP contribution in [0.5, 0.6) is 5.75 Å². The highest BCUT2D eigenvalue weighted by molar-refractivity contribution is 6.32. The van der Waals surface area contributed by atoms with Crippen LogP contribution in [0.25, 0.3) is 0 Å². The van der Waals surface area contributed by atoms with Crippen molar-refractivity contribution < 1.29 is 48.9 Å². The minimum absolute atomic E-state index is 0.0163. The molecule has 6 amide bonds. The Morgan fingerprint density at radius 2 is 1.16 bits per heavy atom. The maximum Gasteiger partial charge on any atom is 0.328 e. The lowest BCUT2D eigenvalue weighted by molar-refractivity contribution is -0.143. The predicted molar refractivity (Wildman–Crippen MR) is 254 cm³/mol. The molecule has 6 atom stereocenters. The van der Waals surface area contributed by atoms with Crippen LogP contribution in [0.3, 0.4) is 0 Å². The van der Waals surface area contributed by atoms with Crippen LogP contribution in [-0.2, 0) is 40.0 Å². The molecule has 67 heavy (non-hydrogen) atoms. The number of rotatable bonds is 33. The number of carboxylic acids is 1. The Balaban J connectivity index is 3.60. The molecule has 23 heteroatoms. The van der Waals surface area contributed by atoms with E-state index in [1.165, 1.54) is 31.2 Å². The van der Waals surface area contributed by atoms with Gasteiger partial charge in [-0.05, 0) is 100 Å². The number of carboxylic acid groups (broad SMARTS) is 1. The zero-order valence-electron chi connectivity index (χ0n) is 39.4. The molecule has 18 N–H and O–H groups in total. The summed E-state index contributed by atoms with van der Waals surface area (Å²) in [6.07, 6.45) is 2.72. The Labute approximate surface area is 398 Å². The highest BCUT2D eigenvalue weighted by Gasteiger charge is 2.33. The Morgan fingerprint density at radius 1 is 0.672 bits per heavy atom. The van der Waals surface area contributed by atoms with Gasteiger partial charge >= 0.3 is 5.97 Å². The van der Waals surface area contributed by atoms with E-state index in [4.69, 9.17) is 34.5 Å². The van der Waals surface area contributed by atoms with Gasteiger partial charge in [-0.3, -0.25) is 39.2 Å². The van der Waals surface area contributed by atoms with Gasteiger partial charge in [0.1, 0.15) is 36.0 Å².